The van der Waals surface area contributed by atoms with E-state index in [-0.39, 0.29) is 11.9 Å². The van der Waals surface area contributed by atoms with Crippen LogP contribution in [0.4, 0.5) is 4.39 Å². The van der Waals surface area contributed by atoms with Crippen molar-refractivity contribution < 1.29 is 9.13 Å². The van der Waals surface area contributed by atoms with Crippen molar-refractivity contribution in [1.29, 1.82) is 0 Å². The summed E-state index contributed by atoms with van der Waals surface area (Å²) in [7, 11) is 0. The SMILES string of the molecule is CCC(Oc1cc(F)ccc1C)c1nc(CCl)cs1. The summed E-state index contributed by atoms with van der Waals surface area (Å²) in [5.74, 6) is 0.664. The van der Waals surface area contributed by atoms with Gasteiger partial charge in [-0.15, -0.1) is 22.9 Å². The molecule has 0 N–H and O–H groups in total. The van der Waals surface area contributed by atoms with Gasteiger partial charge in [-0.3, -0.25) is 0 Å². The standard InChI is InChI=1S/C14H15ClFNOS/c1-3-12(14-17-11(7-15)8-19-14)18-13-6-10(16)5-4-9(13)2/h4-6,8,12H,3,7H2,1-2H3. The molecule has 0 spiro atoms. The van der Waals surface area contributed by atoms with Crippen molar-refractivity contribution in [1.82, 2.24) is 4.98 Å². The third-order valence-electron chi connectivity index (χ3n) is 2.77. The average Bonchev–Trinajstić information content (AvgIpc) is 2.88. The lowest BCUT2D eigenvalue weighted by Crippen LogP contribution is -2.07. The molecule has 0 radical (unpaired) electrons. The van der Waals surface area contributed by atoms with E-state index in [1.54, 1.807) is 6.07 Å². The summed E-state index contributed by atoms with van der Waals surface area (Å²) in [6, 6.07) is 4.55. The molecule has 1 aromatic heterocycles. The summed E-state index contributed by atoms with van der Waals surface area (Å²) in [5.41, 5.74) is 1.76. The molecule has 2 nitrogen and oxygen atoms in total. The van der Waals surface area contributed by atoms with E-state index in [1.807, 2.05) is 19.2 Å². The molecular formula is C14H15ClFNOS. The van der Waals surface area contributed by atoms with E-state index in [1.165, 1.54) is 23.5 Å². The first-order chi connectivity index (χ1) is 9.13. The Bertz CT molecular complexity index is 558. The summed E-state index contributed by atoms with van der Waals surface area (Å²) >= 11 is 7.27. The van der Waals surface area contributed by atoms with E-state index in [9.17, 15) is 4.39 Å². The lowest BCUT2D eigenvalue weighted by molar-refractivity contribution is 0.198. The van der Waals surface area contributed by atoms with Gasteiger partial charge in [-0.2, -0.15) is 0 Å². The number of nitrogens with zero attached hydrogens (tertiary/aromatic N) is 1. The highest BCUT2D eigenvalue weighted by Crippen LogP contribution is 2.29. The number of halogens is 2. The maximum absolute atomic E-state index is 13.3. The van der Waals surface area contributed by atoms with Crippen LogP contribution in [0.5, 0.6) is 5.75 Å². The molecule has 102 valence electrons. The number of rotatable bonds is 5. The van der Waals surface area contributed by atoms with Crippen LogP contribution in [0.3, 0.4) is 0 Å². The van der Waals surface area contributed by atoms with Crippen LogP contribution in [0, 0.1) is 12.7 Å². The van der Waals surface area contributed by atoms with E-state index in [0.29, 0.717) is 11.6 Å². The highest BCUT2D eigenvalue weighted by atomic mass is 35.5. The molecule has 1 atom stereocenters. The molecular weight excluding hydrogens is 285 g/mol. The molecule has 5 heteroatoms. The van der Waals surface area contributed by atoms with Crippen LogP contribution in [-0.2, 0) is 5.88 Å². The second-order valence-corrected chi connectivity index (χ2v) is 5.39. The minimum atomic E-state index is -0.295. The molecule has 1 aromatic carbocycles. The molecule has 19 heavy (non-hydrogen) atoms. The van der Waals surface area contributed by atoms with Crippen molar-refractivity contribution in [3.63, 3.8) is 0 Å². The lowest BCUT2D eigenvalue weighted by Gasteiger charge is -2.17. The number of hydrogen-bond acceptors (Lipinski definition) is 3. The van der Waals surface area contributed by atoms with Gasteiger partial charge in [0.15, 0.2) is 0 Å². The summed E-state index contributed by atoms with van der Waals surface area (Å²) in [4.78, 5) is 4.42. The molecule has 2 aromatic rings. The van der Waals surface area contributed by atoms with Crippen LogP contribution in [-0.4, -0.2) is 4.98 Å². The lowest BCUT2D eigenvalue weighted by atomic mass is 10.2. The predicted molar refractivity (Wildman–Crippen MR) is 76.5 cm³/mol. The molecule has 0 saturated heterocycles. The zero-order valence-corrected chi connectivity index (χ0v) is 12.4. The van der Waals surface area contributed by atoms with Gasteiger partial charge in [0, 0.05) is 11.4 Å². The van der Waals surface area contributed by atoms with Gasteiger partial charge in [0.1, 0.15) is 22.7 Å². The third kappa shape index (κ3) is 3.45. The first kappa shape index (κ1) is 14.3. The summed E-state index contributed by atoms with van der Waals surface area (Å²) in [6.45, 7) is 3.91. The summed E-state index contributed by atoms with van der Waals surface area (Å²) < 4.78 is 19.1. The fraction of sp³-hybridized carbons (Fsp3) is 0.357. The second-order valence-electron chi connectivity index (χ2n) is 4.24. The van der Waals surface area contributed by atoms with Gasteiger partial charge >= 0.3 is 0 Å². The smallest absolute Gasteiger partial charge is 0.150 e. The largest absolute Gasteiger partial charge is 0.483 e. The number of aromatic nitrogens is 1. The number of hydrogen-bond donors (Lipinski definition) is 0. The fourth-order valence-corrected chi connectivity index (χ4v) is 2.85. The minimum absolute atomic E-state index is 0.164. The molecule has 2 rings (SSSR count). The van der Waals surface area contributed by atoms with Crippen LogP contribution in [0.1, 0.15) is 35.7 Å². The van der Waals surface area contributed by atoms with Crippen LogP contribution in [0.2, 0.25) is 0 Å². The number of alkyl halides is 1. The number of ether oxygens (including phenoxy) is 1. The molecule has 0 fully saturated rings. The van der Waals surface area contributed by atoms with Gasteiger partial charge in [0.2, 0.25) is 0 Å². The molecule has 0 saturated carbocycles. The highest BCUT2D eigenvalue weighted by Gasteiger charge is 2.16. The zero-order chi connectivity index (χ0) is 13.8. The topological polar surface area (TPSA) is 22.1 Å². The van der Waals surface area contributed by atoms with Crippen molar-refractivity contribution in [2.24, 2.45) is 0 Å². The first-order valence-corrected chi connectivity index (χ1v) is 7.48. The van der Waals surface area contributed by atoms with E-state index >= 15 is 0 Å². The molecule has 0 bridgehead atoms. The fourth-order valence-electron chi connectivity index (χ4n) is 1.69. The first-order valence-electron chi connectivity index (χ1n) is 6.07. The Morgan fingerprint density at radius 2 is 2.26 bits per heavy atom. The highest BCUT2D eigenvalue weighted by molar-refractivity contribution is 7.09. The molecule has 1 heterocycles. The Morgan fingerprint density at radius 3 is 2.89 bits per heavy atom. The van der Waals surface area contributed by atoms with E-state index in [2.05, 4.69) is 4.98 Å². The number of benzene rings is 1. The Morgan fingerprint density at radius 1 is 1.47 bits per heavy atom. The number of thiazole rings is 1. The maximum atomic E-state index is 13.3. The van der Waals surface area contributed by atoms with Crippen LogP contribution in [0.15, 0.2) is 23.6 Å². The van der Waals surface area contributed by atoms with E-state index in [0.717, 1.165) is 22.7 Å². The van der Waals surface area contributed by atoms with Gasteiger partial charge < -0.3 is 4.74 Å². The summed E-state index contributed by atoms with van der Waals surface area (Å²) in [6.07, 6.45) is 0.605. The van der Waals surface area contributed by atoms with Crippen molar-refractivity contribution in [2.75, 3.05) is 0 Å². The third-order valence-corrected chi connectivity index (χ3v) is 4.03. The minimum Gasteiger partial charge on any atom is -0.483 e. The van der Waals surface area contributed by atoms with E-state index < -0.39 is 0 Å². The number of aryl methyl sites for hydroxylation is 1. The van der Waals surface area contributed by atoms with Crippen LogP contribution < -0.4 is 4.74 Å². The normalized spacial score (nSPS) is 12.4. The Kier molecular flexibility index (Phi) is 4.77. The van der Waals surface area contributed by atoms with Crippen LogP contribution in [0.25, 0.3) is 0 Å². The van der Waals surface area contributed by atoms with Crippen molar-refractivity contribution in [2.45, 2.75) is 32.3 Å². The van der Waals surface area contributed by atoms with Crippen molar-refractivity contribution in [3.05, 3.63) is 45.7 Å². The predicted octanol–water partition coefficient (Wildman–Crippen LogP) is 4.86. The molecule has 0 aliphatic rings. The van der Waals surface area contributed by atoms with Gasteiger partial charge in [-0.1, -0.05) is 13.0 Å². The van der Waals surface area contributed by atoms with Crippen molar-refractivity contribution in [3.8, 4) is 5.75 Å². The van der Waals surface area contributed by atoms with Crippen molar-refractivity contribution >= 4 is 22.9 Å². The maximum Gasteiger partial charge on any atom is 0.150 e. The second kappa shape index (κ2) is 6.35. The Balaban J connectivity index is 2.21. The molecule has 1 unspecified atom stereocenters. The van der Waals surface area contributed by atoms with Gasteiger partial charge in [-0.05, 0) is 25.0 Å². The molecule has 0 amide bonds. The zero-order valence-electron chi connectivity index (χ0n) is 10.8. The quantitative estimate of drug-likeness (QED) is 0.736. The summed E-state index contributed by atoms with van der Waals surface area (Å²) in [5, 5.41) is 2.80. The van der Waals surface area contributed by atoms with Crippen LogP contribution >= 0.6 is 22.9 Å². The van der Waals surface area contributed by atoms with Gasteiger partial charge in [0.25, 0.3) is 0 Å². The average molecular weight is 300 g/mol. The van der Waals surface area contributed by atoms with Gasteiger partial charge in [0.05, 0.1) is 11.6 Å². The molecule has 0 aliphatic carbocycles. The van der Waals surface area contributed by atoms with Gasteiger partial charge in [-0.25, -0.2) is 9.37 Å². The Labute approximate surface area is 121 Å². The monoisotopic (exact) mass is 299 g/mol. The Hall–Kier alpha value is -1.13. The van der Waals surface area contributed by atoms with E-state index in [4.69, 9.17) is 16.3 Å². The molecule has 0 aliphatic heterocycles.